The van der Waals surface area contributed by atoms with Crippen LogP contribution in [0.4, 0.5) is 18.9 Å². The van der Waals surface area contributed by atoms with E-state index in [1.54, 1.807) is 6.92 Å². The van der Waals surface area contributed by atoms with Crippen molar-refractivity contribution in [3.8, 4) is 0 Å². The lowest BCUT2D eigenvalue weighted by Crippen LogP contribution is -2.42. The van der Waals surface area contributed by atoms with E-state index in [1.165, 1.54) is 18.2 Å². The monoisotopic (exact) mass is 290 g/mol. The van der Waals surface area contributed by atoms with Gasteiger partial charge in [-0.15, -0.1) is 0 Å². The van der Waals surface area contributed by atoms with Gasteiger partial charge in [-0.3, -0.25) is 9.59 Å². The minimum Gasteiger partial charge on any atom is -0.480 e. The summed E-state index contributed by atoms with van der Waals surface area (Å²) in [6.07, 6.45) is -4.67. The van der Waals surface area contributed by atoms with E-state index in [4.69, 9.17) is 10.8 Å². The van der Waals surface area contributed by atoms with Crippen molar-refractivity contribution < 1.29 is 27.9 Å². The summed E-state index contributed by atoms with van der Waals surface area (Å²) in [6, 6.07) is 3.97. The predicted octanol–water partition coefficient (Wildman–Crippen LogP) is 1.67. The summed E-state index contributed by atoms with van der Waals surface area (Å²) in [4.78, 5) is 22.7. The van der Waals surface area contributed by atoms with Crippen molar-refractivity contribution in [2.45, 2.75) is 13.1 Å². The maximum Gasteiger partial charge on any atom is 0.406 e. The van der Waals surface area contributed by atoms with Gasteiger partial charge in [0, 0.05) is 11.3 Å². The van der Waals surface area contributed by atoms with Crippen molar-refractivity contribution in [3.05, 3.63) is 29.3 Å². The summed E-state index contributed by atoms with van der Waals surface area (Å²) in [6.45, 7) is -1.05. The van der Waals surface area contributed by atoms with Gasteiger partial charge in [0.25, 0.3) is 5.91 Å². The lowest BCUT2D eigenvalue weighted by molar-refractivity contribution is -0.149. The van der Waals surface area contributed by atoms with E-state index in [2.05, 4.69) is 0 Å². The zero-order chi connectivity index (χ0) is 15.5. The van der Waals surface area contributed by atoms with Gasteiger partial charge in [-0.2, -0.15) is 13.2 Å². The molecule has 0 aliphatic carbocycles. The number of nitrogen functional groups attached to an aromatic ring is 1. The molecule has 1 aromatic carbocycles. The quantitative estimate of drug-likeness (QED) is 0.826. The standard InChI is InChI=1S/C12H13F3N2O3/c1-7-4-8(2-3-9(7)16)11(20)17(5-10(18)19)6-12(13,14)15/h2-4H,5-6,16H2,1H3,(H,18,19). The number of carbonyl (C=O) groups excluding carboxylic acids is 1. The number of anilines is 1. The number of hydrogen-bond acceptors (Lipinski definition) is 3. The van der Waals surface area contributed by atoms with E-state index in [1.807, 2.05) is 0 Å². The van der Waals surface area contributed by atoms with Gasteiger partial charge in [-0.05, 0) is 30.7 Å². The van der Waals surface area contributed by atoms with Crippen molar-refractivity contribution in [2.75, 3.05) is 18.8 Å². The third kappa shape index (κ3) is 4.45. The fourth-order valence-electron chi connectivity index (χ4n) is 1.57. The zero-order valence-electron chi connectivity index (χ0n) is 10.6. The Morgan fingerprint density at radius 1 is 1.35 bits per heavy atom. The molecule has 0 aliphatic rings. The average molecular weight is 290 g/mol. The minimum atomic E-state index is -4.67. The van der Waals surface area contributed by atoms with Crippen LogP contribution in [0.5, 0.6) is 0 Å². The molecule has 0 aromatic heterocycles. The summed E-state index contributed by atoms with van der Waals surface area (Å²) >= 11 is 0. The molecular weight excluding hydrogens is 277 g/mol. The highest BCUT2D eigenvalue weighted by molar-refractivity contribution is 5.96. The topological polar surface area (TPSA) is 83.6 Å². The van der Waals surface area contributed by atoms with Crippen LogP contribution in [-0.4, -0.2) is 41.1 Å². The summed E-state index contributed by atoms with van der Waals surface area (Å²) < 4.78 is 37.1. The molecule has 0 saturated carbocycles. The fraction of sp³-hybridized carbons (Fsp3) is 0.333. The first kappa shape index (κ1) is 15.8. The van der Waals surface area contributed by atoms with Crippen LogP contribution < -0.4 is 5.73 Å². The first-order chi connectivity index (χ1) is 9.10. The first-order valence-corrected chi connectivity index (χ1v) is 5.54. The number of rotatable bonds is 4. The van der Waals surface area contributed by atoms with Gasteiger partial charge >= 0.3 is 12.1 Å². The van der Waals surface area contributed by atoms with Crippen molar-refractivity contribution in [1.29, 1.82) is 0 Å². The van der Waals surface area contributed by atoms with Crippen molar-refractivity contribution >= 4 is 17.6 Å². The third-order valence-electron chi connectivity index (χ3n) is 2.50. The summed E-state index contributed by atoms with van der Waals surface area (Å²) in [7, 11) is 0. The number of halogens is 3. The van der Waals surface area contributed by atoms with E-state index in [0.29, 0.717) is 11.3 Å². The molecule has 5 nitrogen and oxygen atoms in total. The molecule has 3 N–H and O–H groups in total. The van der Waals surface area contributed by atoms with Crippen molar-refractivity contribution in [2.24, 2.45) is 0 Å². The summed E-state index contributed by atoms with van der Waals surface area (Å²) in [5.41, 5.74) is 6.43. The maximum absolute atomic E-state index is 12.4. The number of hydrogen-bond donors (Lipinski definition) is 2. The van der Waals surface area contributed by atoms with Gasteiger partial charge in [-0.1, -0.05) is 0 Å². The van der Waals surface area contributed by atoms with Gasteiger partial charge in [0.15, 0.2) is 0 Å². The first-order valence-electron chi connectivity index (χ1n) is 5.54. The van der Waals surface area contributed by atoms with Crippen molar-refractivity contribution in [1.82, 2.24) is 4.90 Å². The molecule has 0 radical (unpaired) electrons. The maximum atomic E-state index is 12.4. The fourth-order valence-corrected chi connectivity index (χ4v) is 1.57. The molecule has 8 heteroatoms. The van der Waals surface area contributed by atoms with Crippen LogP contribution in [0.15, 0.2) is 18.2 Å². The molecule has 0 atom stereocenters. The lowest BCUT2D eigenvalue weighted by Gasteiger charge is -2.22. The molecular formula is C12H13F3N2O3. The van der Waals surface area contributed by atoms with E-state index in [0.717, 1.165) is 0 Å². The zero-order valence-corrected chi connectivity index (χ0v) is 10.6. The van der Waals surface area contributed by atoms with Crippen LogP contribution in [0.1, 0.15) is 15.9 Å². The Labute approximate surface area is 112 Å². The highest BCUT2D eigenvalue weighted by atomic mass is 19.4. The molecule has 0 fully saturated rings. The Balaban J connectivity index is 3.02. The van der Waals surface area contributed by atoms with Crippen LogP contribution in [0, 0.1) is 6.92 Å². The van der Waals surface area contributed by atoms with Crippen molar-refractivity contribution in [3.63, 3.8) is 0 Å². The van der Waals surface area contributed by atoms with Crippen LogP contribution in [0.2, 0.25) is 0 Å². The van der Waals surface area contributed by atoms with Gasteiger partial charge in [-0.25, -0.2) is 0 Å². The van der Waals surface area contributed by atoms with Gasteiger partial charge in [0.1, 0.15) is 13.1 Å². The van der Waals surface area contributed by atoms with E-state index in [9.17, 15) is 22.8 Å². The number of carboxylic acids is 1. The minimum absolute atomic E-state index is 0.0396. The van der Waals surface area contributed by atoms with E-state index >= 15 is 0 Å². The molecule has 110 valence electrons. The van der Waals surface area contributed by atoms with Gasteiger partial charge < -0.3 is 15.7 Å². The Hall–Kier alpha value is -2.25. The second kappa shape index (κ2) is 5.81. The number of amides is 1. The number of aliphatic carboxylic acids is 1. The highest BCUT2D eigenvalue weighted by Crippen LogP contribution is 2.19. The van der Waals surface area contributed by atoms with Crippen LogP contribution >= 0.6 is 0 Å². The molecule has 0 bridgehead atoms. The predicted molar refractivity (Wildman–Crippen MR) is 65.2 cm³/mol. The largest absolute Gasteiger partial charge is 0.480 e. The molecule has 0 saturated heterocycles. The average Bonchev–Trinajstić information content (AvgIpc) is 2.28. The van der Waals surface area contributed by atoms with Crippen LogP contribution in [0.3, 0.4) is 0 Å². The third-order valence-corrected chi connectivity index (χ3v) is 2.50. The Bertz CT molecular complexity index is 529. The number of nitrogens with two attached hydrogens (primary N) is 1. The number of carbonyl (C=O) groups is 2. The Kier molecular flexibility index (Phi) is 4.59. The molecule has 20 heavy (non-hydrogen) atoms. The number of alkyl halides is 3. The normalized spacial score (nSPS) is 11.2. The number of aryl methyl sites for hydroxylation is 1. The molecule has 1 rings (SSSR count). The van der Waals surface area contributed by atoms with E-state index in [-0.39, 0.29) is 10.5 Å². The molecule has 0 aliphatic heterocycles. The lowest BCUT2D eigenvalue weighted by atomic mass is 10.1. The van der Waals surface area contributed by atoms with Gasteiger partial charge in [0.2, 0.25) is 0 Å². The number of benzene rings is 1. The number of nitrogens with zero attached hydrogens (tertiary/aromatic N) is 1. The Morgan fingerprint density at radius 2 is 1.95 bits per heavy atom. The van der Waals surface area contributed by atoms with Crippen LogP contribution in [-0.2, 0) is 4.79 Å². The van der Waals surface area contributed by atoms with Crippen LogP contribution in [0.25, 0.3) is 0 Å². The molecule has 0 spiro atoms. The van der Waals surface area contributed by atoms with E-state index < -0.39 is 31.1 Å². The molecule has 0 unspecified atom stereocenters. The SMILES string of the molecule is Cc1cc(C(=O)N(CC(=O)O)CC(F)(F)F)ccc1N. The summed E-state index contributed by atoms with van der Waals surface area (Å²) in [5, 5.41) is 8.59. The highest BCUT2D eigenvalue weighted by Gasteiger charge is 2.34. The Morgan fingerprint density at radius 3 is 2.40 bits per heavy atom. The smallest absolute Gasteiger partial charge is 0.406 e. The second-order valence-corrected chi connectivity index (χ2v) is 4.24. The molecule has 1 amide bonds. The second-order valence-electron chi connectivity index (χ2n) is 4.24. The number of carboxylic acid groups (broad SMARTS) is 1. The summed E-state index contributed by atoms with van der Waals surface area (Å²) in [5.74, 6) is -2.53. The van der Waals surface area contributed by atoms with Gasteiger partial charge in [0.05, 0.1) is 0 Å². The molecule has 1 aromatic rings. The molecule has 0 heterocycles.